The van der Waals surface area contributed by atoms with Gasteiger partial charge >= 0.3 is 0 Å². The van der Waals surface area contributed by atoms with Crippen molar-refractivity contribution in [2.75, 3.05) is 0 Å². The molecule has 0 aliphatic heterocycles. The Labute approximate surface area is 298 Å². The van der Waals surface area contributed by atoms with Crippen LogP contribution in [0.5, 0.6) is 0 Å². The van der Waals surface area contributed by atoms with Gasteiger partial charge in [-0.3, -0.25) is 0 Å². The fraction of sp³-hybridized carbons (Fsp3) is 0. The molecule has 0 N–H and O–H groups in total. The van der Waals surface area contributed by atoms with Crippen LogP contribution in [0.25, 0.3) is 105 Å². The number of furan rings is 1. The summed E-state index contributed by atoms with van der Waals surface area (Å²) in [5, 5.41) is 9.20. The maximum absolute atomic E-state index is 6.27. The third kappa shape index (κ3) is 4.46. The number of benzene rings is 8. The molecule has 11 aromatic rings. The van der Waals surface area contributed by atoms with Crippen LogP contribution in [-0.4, -0.2) is 19.5 Å². The van der Waals surface area contributed by atoms with Gasteiger partial charge in [-0.2, -0.15) is 0 Å². The van der Waals surface area contributed by atoms with Crippen LogP contribution in [0.15, 0.2) is 174 Å². The highest BCUT2D eigenvalue weighted by molar-refractivity contribution is 6.14. The van der Waals surface area contributed by atoms with Crippen LogP contribution < -0.4 is 0 Å². The SMILES string of the molecule is c1cc(-c2nc(-c3ccc4ccccc4c3)nc(-c3cccc4oc5ccccc5c34)n2)cc(-n2c3ccccc3c3cc4ccccc4cc32)c1. The predicted molar refractivity (Wildman–Crippen MR) is 213 cm³/mol. The van der Waals surface area contributed by atoms with E-state index >= 15 is 0 Å². The van der Waals surface area contributed by atoms with Gasteiger partial charge in [0.15, 0.2) is 17.5 Å². The molecule has 242 valence electrons. The van der Waals surface area contributed by atoms with E-state index in [1.807, 2.05) is 30.3 Å². The molecule has 3 heterocycles. The molecule has 0 fully saturated rings. The standard InChI is InChI=1S/C47H28N4O/c1-2-12-30-25-34(24-23-29(30)11-1)46-48-45(49-47(50-46)38-19-10-22-43-44(38)37-18-6-8-21-42(37)52-43)33-15-9-16-35(26-33)51-40-20-7-5-17-36(40)39-27-31-13-3-4-14-32(31)28-41(39)51/h1-28H. The number of nitrogens with zero attached hydrogens (tertiary/aromatic N) is 4. The Morgan fingerprint density at radius 2 is 1.02 bits per heavy atom. The van der Waals surface area contributed by atoms with Crippen molar-refractivity contribution in [2.24, 2.45) is 0 Å². The van der Waals surface area contributed by atoms with Gasteiger partial charge in [-0.25, -0.2) is 15.0 Å². The fourth-order valence-corrected chi connectivity index (χ4v) is 7.76. The molecule has 8 aromatic carbocycles. The van der Waals surface area contributed by atoms with Crippen molar-refractivity contribution in [1.29, 1.82) is 0 Å². The molecule has 3 aromatic heterocycles. The van der Waals surface area contributed by atoms with Gasteiger partial charge in [0.05, 0.1) is 11.0 Å². The number of fused-ring (bicyclic) bond motifs is 8. The van der Waals surface area contributed by atoms with E-state index in [1.165, 1.54) is 26.9 Å². The second kappa shape index (κ2) is 11.2. The minimum atomic E-state index is 0.596. The lowest BCUT2D eigenvalue weighted by atomic mass is 10.0. The van der Waals surface area contributed by atoms with Gasteiger partial charge in [0.25, 0.3) is 0 Å². The van der Waals surface area contributed by atoms with E-state index in [9.17, 15) is 0 Å². The molecule has 0 spiro atoms. The summed E-state index contributed by atoms with van der Waals surface area (Å²) in [7, 11) is 0. The predicted octanol–water partition coefficient (Wildman–Crippen LogP) is 12.2. The monoisotopic (exact) mass is 664 g/mol. The van der Waals surface area contributed by atoms with Gasteiger partial charge in [0.1, 0.15) is 11.2 Å². The van der Waals surface area contributed by atoms with Crippen LogP contribution in [0, 0.1) is 0 Å². The molecule has 0 saturated carbocycles. The quantitative estimate of drug-likeness (QED) is 0.188. The lowest BCUT2D eigenvalue weighted by Crippen LogP contribution is -2.01. The average Bonchev–Trinajstić information content (AvgIpc) is 3.75. The van der Waals surface area contributed by atoms with Crippen molar-refractivity contribution in [3.05, 3.63) is 170 Å². The average molecular weight is 665 g/mol. The minimum absolute atomic E-state index is 0.596. The molecule has 52 heavy (non-hydrogen) atoms. The van der Waals surface area contributed by atoms with Gasteiger partial charge in [0, 0.05) is 43.9 Å². The summed E-state index contributed by atoms with van der Waals surface area (Å²) in [4.78, 5) is 15.5. The van der Waals surface area contributed by atoms with Crippen molar-refractivity contribution in [1.82, 2.24) is 19.5 Å². The lowest BCUT2D eigenvalue weighted by Gasteiger charge is -2.12. The number of aromatic nitrogens is 4. The molecule has 0 amide bonds. The molecular weight excluding hydrogens is 637 g/mol. The van der Waals surface area contributed by atoms with Crippen molar-refractivity contribution in [3.63, 3.8) is 0 Å². The van der Waals surface area contributed by atoms with Crippen LogP contribution in [0.4, 0.5) is 0 Å². The normalized spacial score (nSPS) is 11.8. The van der Waals surface area contributed by atoms with E-state index in [0.717, 1.165) is 60.7 Å². The van der Waals surface area contributed by atoms with Crippen molar-refractivity contribution < 1.29 is 4.42 Å². The van der Waals surface area contributed by atoms with E-state index in [0.29, 0.717) is 17.5 Å². The molecule has 11 rings (SSSR count). The number of hydrogen-bond donors (Lipinski definition) is 0. The Morgan fingerprint density at radius 3 is 1.87 bits per heavy atom. The Kier molecular flexibility index (Phi) is 6.18. The van der Waals surface area contributed by atoms with Crippen LogP contribution in [0.2, 0.25) is 0 Å². The summed E-state index contributed by atoms with van der Waals surface area (Å²) in [5.41, 5.74) is 7.71. The van der Waals surface area contributed by atoms with Crippen molar-refractivity contribution in [2.45, 2.75) is 0 Å². The van der Waals surface area contributed by atoms with E-state index < -0.39 is 0 Å². The first kappa shape index (κ1) is 28.7. The van der Waals surface area contributed by atoms with E-state index in [2.05, 4.69) is 144 Å². The lowest BCUT2D eigenvalue weighted by molar-refractivity contribution is 0.669. The molecule has 0 unspecified atom stereocenters. The molecular formula is C47H28N4O. The van der Waals surface area contributed by atoms with Gasteiger partial charge in [0.2, 0.25) is 0 Å². The molecule has 0 aliphatic carbocycles. The first-order valence-corrected chi connectivity index (χ1v) is 17.4. The summed E-state index contributed by atoms with van der Waals surface area (Å²) < 4.78 is 8.63. The summed E-state index contributed by atoms with van der Waals surface area (Å²) >= 11 is 0. The van der Waals surface area contributed by atoms with Crippen molar-refractivity contribution >= 4 is 65.3 Å². The van der Waals surface area contributed by atoms with Gasteiger partial charge < -0.3 is 8.98 Å². The molecule has 5 nitrogen and oxygen atoms in total. The second-order valence-corrected chi connectivity index (χ2v) is 13.3. The highest BCUT2D eigenvalue weighted by Gasteiger charge is 2.19. The van der Waals surface area contributed by atoms with Crippen LogP contribution >= 0.6 is 0 Å². The Balaban J connectivity index is 1.15. The summed E-state index contributed by atoms with van der Waals surface area (Å²) in [6, 6.07) is 59.3. The maximum atomic E-state index is 6.27. The highest BCUT2D eigenvalue weighted by Crippen LogP contribution is 2.38. The highest BCUT2D eigenvalue weighted by atomic mass is 16.3. The van der Waals surface area contributed by atoms with Crippen LogP contribution in [-0.2, 0) is 0 Å². The number of hydrogen-bond acceptors (Lipinski definition) is 4. The molecule has 0 saturated heterocycles. The summed E-state index contributed by atoms with van der Waals surface area (Å²) in [6.45, 7) is 0. The Morgan fingerprint density at radius 1 is 0.385 bits per heavy atom. The Bertz CT molecular complexity index is 3210. The number of rotatable bonds is 4. The summed E-state index contributed by atoms with van der Waals surface area (Å²) in [5.74, 6) is 1.81. The fourth-order valence-electron chi connectivity index (χ4n) is 7.76. The van der Waals surface area contributed by atoms with Crippen LogP contribution in [0.3, 0.4) is 0 Å². The third-order valence-electron chi connectivity index (χ3n) is 10.2. The largest absolute Gasteiger partial charge is 0.456 e. The number of para-hydroxylation sites is 2. The molecule has 0 bridgehead atoms. The molecule has 0 atom stereocenters. The third-order valence-corrected chi connectivity index (χ3v) is 10.2. The van der Waals surface area contributed by atoms with Crippen LogP contribution in [0.1, 0.15) is 0 Å². The van der Waals surface area contributed by atoms with Gasteiger partial charge in [-0.1, -0.05) is 121 Å². The van der Waals surface area contributed by atoms with Crippen molar-refractivity contribution in [3.8, 4) is 39.9 Å². The zero-order valence-electron chi connectivity index (χ0n) is 27.9. The van der Waals surface area contributed by atoms with E-state index in [-0.39, 0.29) is 0 Å². The second-order valence-electron chi connectivity index (χ2n) is 13.3. The smallest absolute Gasteiger partial charge is 0.164 e. The topological polar surface area (TPSA) is 56.7 Å². The minimum Gasteiger partial charge on any atom is -0.456 e. The first-order chi connectivity index (χ1) is 25.7. The maximum Gasteiger partial charge on any atom is 0.164 e. The summed E-state index contributed by atoms with van der Waals surface area (Å²) in [6.07, 6.45) is 0. The first-order valence-electron chi connectivity index (χ1n) is 17.4. The zero-order chi connectivity index (χ0) is 34.2. The van der Waals surface area contributed by atoms with Gasteiger partial charge in [-0.05, 0) is 70.1 Å². The molecule has 0 radical (unpaired) electrons. The zero-order valence-corrected chi connectivity index (χ0v) is 27.9. The van der Waals surface area contributed by atoms with Gasteiger partial charge in [-0.15, -0.1) is 0 Å². The molecule has 0 aliphatic rings. The Hall–Kier alpha value is -7.11. The van der Waals surface area contributed by atoms with E-state index in [1.54, 1.807) is 0 Å². The molecule has 5 heteroatoms. The van der Waals surface area contributed by atoms with E-state index in [4.69, 9.17) is 19.4 Å².